The number of aryl methyl sites for hydroxylation is 1. The summed E-state index contributed by atoms with van der Waals surface area (Å²) in [6.07, 6.45) is -0.105. The number of rotatable bonds is 4. The van der Waals surface area contributed by atoms with Crippen molar-refractivity contribution in [3.8, 4) is 0 Å². The predicted molar refractivity (Wildman–Crippen MR) is 94.3 cm³/mol. The first kappa shape index (κ1) is 15.8. The number of carboxylic acid groups (broad SMARTS) is 1. The molecule has 1 aliphatic heterocycles. The molecule has 1 atom stereocenters. The molecule has 122 valence electrons. The summed E-state index contributed by atoms with van der Waals surface area (Å²) in [5, 5.41) is 12.4. The van der Waals surface area contributed by atoms with E-state index in [1.807, 2.05) is 61.5 Å². The lowest BCUT2D eigenvalue weighted by Gasteiger charge is -2.27. The van der Waals surface area contributed by atoms with Gasteiger partial charge in [0.2, 0.25) is 0 Å². The molecule has 0 spiro atoms. The van der Waals surface area contributed by atoms with E-state index < -0.39 is 12.0 Å². The van der Waals surface area contributed by atoms with Crippen LogP contribution in [0.25, 0.3) is 5.70 Å². The third-order valence-corrected chi connectivity index (χ3v) is 3.97. The van der Waals surface area contributed by atoms with E-state index in [9.17, 15) is 9.90 Å². The number of aliphatic carboxylic acids is 1. The molecule has 5 heteroatoms. The van der Waals surface area contributed by atoms with Crippen LogP contribution >= 0.6 is 0 Å². The highest BCUT2D eigenvalue weighted by atomic mass is 16.4. The summed E-state index contributed by atoms with van der Waals surface area (Å²) in [6.45, 7) is 2.01. The Bertz CT molecular complexity index is 808. The molecule has 0 fully saturated rings. The van der Waals surface area contributed by atoms with E-state index in [1.165, 1.54) is 0 Å². The number of benzene rings is 2. The molecular weight excluding hydrogens is 302 g/mol. The summed E-state index contributed by atoms with van der Waals surface area (Å²) in [5.74, 6) is -0.610. The van der Waals surface area contributed by atoms with Crippen LogP contribution in [0.3, 0.4) is 0 Å². The Hall–Kier alpha value is -3.08. The predicted octanol–water partition coefficient (Wildman–Crippen LogP) is 2.84. The lowest BCUT2D eigenvalue weighted by atomic mass is 9.91. The van der Waals surface area contributed by atoms with Gasteiger partial charge in [0.25, 0.3) is 0 Å². The van der Waals surface area contributed by atoms with Gasteiger partial charge in [0.15, 0.2) is 5.96 Å². The number of aliphatic imine (C=N–C) groups is 1. The third kappa shape index (κ3) is 3.30. The summed E-state index contributed by atoms with van der Waals surface area (Å²) >= 11 is 0. The number of guanidine groups is 1. The zero-order valence-electron chi connectivity index (χ0n) is 13.4. The Labute approximate surface area is 140 Å². The zero-order chi connectivity index (χ0) is 17.1. The summed E-state index contributed by atoms with van der Waals surface area (Å²) in [4.78, 5) is 15.9. The maximum atomic E-state index is 11.4. The van der Waals surface area contributed by atoms with E-state index in [0.29, 0.717) is 5.57 Å². The molecule has 2 aromatic rings. The van der Waals surface area contributed by atoms with Gasteiger partial charge in [-0.1, -0.05) is 60.2 Å². The molecule has 4 N–H and O–H groups in total. The van der Waals surface area contributed by atoms with Crippen molar-refractivity contribution >= 4 is 17.6 Å². The van der Waals surface area contributed by atoms with Gasteiger partial charge < -0.3 is 16.2 Å². The van der Waals surface area contributed by atoms with Crippen LogP contribution in [0.2, 0.25) is 0 Å². The van der Waals surface area contributed by atoms with Gasteiger partial charge in [-0.3, -0.25) is 4.79 Å². The fraction of sp³-hybridized carbons (Fsp3) is 0.158. The molecule has 2 aromatic carbocycles. The summed E-state index contributed by atoms with van der Waals surface area (Å²) in [7, 11) is 0. The SMILES string of the molecule is Cc1ccc(C2=C(CC(=O)O)C(c3ccccc3)N=C(N)N2)cc1. The molecule has 0 saturated carbocycles. The Balaban J connectivity index is 2.14. The van der Waals surface area contributed by atoms with Crippen molar-refractivity contribution in [3.05, 3.63) is 76.9 Å². The molecular formula is C19H19N3O2. The second-order valence-electron chi connectivity index (χ2n) is 5.79. The van der Waals surface area contributed by atoms with Crippen molar-refractivity contribution in [2.45, 2.75) is 19.4 Å². The minimum atomic E-state index is -0.895. The molecule has 0 bridgehead atoms. The number of hydrogen-bond donors (Lipinski definition) is 3. The normalized spacial score (nSPS) is 17.2. The minimum Gasteiger partial charge on any atom is -0.481 e. The fourth-order valence-corrected chi connectivity index (χ4v) is 2.83. The molecule has 1 unspecified atom stereocenters. The van der Waals surface area contributed by atoms with E-state index in [1.54, 1.807) is 0 Å². The number of carboxylic acids is 1. The molecule has 0 aromatic heterocycles. The first-order chi connectivity index (χ1) is 11.5. The molecule has 0 aliphatic carbocycles. The van der Waals surface area contributed by atoms with Gasteiger partial charge in [-0.05, 0) is 23.6 Å². The quantitative estimate of drug-likeness (QED) is 0.808. The van der Waals surface area contributed by atoms with Gasteiger partial charge in [0.05, 0.1) is 12.1 Å². The van der Waals surface area contributed by atoms with E-state index >= 15 is 0 Å². The first-order valence-electron chi connectivity index (χ1n) is 7.71. The average Bonchev–Trinajstić information content (AvgIpc) is 2.57. The van der Waals surface area contributed by atoms with Crippen LogP contribution in [0, 0.1) is 6.92 Å². The molecule has 0 radical (unpaired) electrons. The fourth-order valence-electron chi connectivity index (χ4n) is 2.83. The maximum absolute atomic E-state index is 11.4. The Morgan fingerprint density at radius 2 is 1.83 bits per heavy atom. The lowest BCUT2D eigenvalue weighted by Crippen LogP contribution is -2.36. The van der Waals surface area contributed by atoms with Gasteiger partial charge in [-0.2, -0.15) is 0 Å². The van der Waals surface area contributed by atoms with Crippen molar-refractivity contribution in [1.82, 2.24) is 5.32 Å². The van der Waals surface area contributed by atoms with Crippen molar-refractivity contribution in [1.29, 1.82) is 0 Å². The standard InChI is InChI=1S/C19H19N3O2/c1-12-7-9-14(10-8-12)18-15(11-16(23)24)17(21-19(20)22-18)13-5-3-2-4-6-13/h2-10,17H,11H2,1H3,(H,23,24)(H3,20,21,22). The molecule has 1 heterocycles. The zero-order valence-corrected chi connectivity index (χ0v) is 13.4. The number of carbonyl (C=O) groups is 1. The van der Waals surface area contributed by atoms with Crippen LogP contribution < -0.4 is 11.1 Å². The maximum Gasteiger partial charge on any atom is 0.307 e. The second kappa shape index (κ2) is 6.58. The highest BCUT2D eigenvalue weighted by Crippen LogP contribution is 2.35. The molecule has 1 aliphatic rings. The van der Waals surface area contributed by atoms with E-state index in [0.717, 1.165) is 22.4 Å². The van der Waals surface area contributed by atoms with Crippen molar-refractivity contribution in [3.63, 3.8) is 0 Å². The number of nitrogens with zero attached hydrogens (tertiary/aromatic N) is 1. The van der Waals surface area contributed by atoms with E-state index in [2.05, 4.69) is 10.3 Å². The monoisotopic (exact) mass is 321 g/mol. The van der Waals surface area contributed by atoms with Crippen LogP contribution in [0.4, 0.5) is 0 Å². The Morgan fingerprint density at radius 3 is 2.46 bits per heavy atom. The number of hydrogen-bond acceptors (Lipinski definition) is 4. The van der Waals surface area contributed by atoms with Gasteiger partial charge in [0, 0.05) is 0 Å². The minimum absolute atomic E-state index is 0.105. The van der Waals surface area contributed by atoms with Crippen LogP contribution in [-0.2, 0) is 4.79 Å². The van der Waals surface area contributed by atoms with Crippen molar-refractivity contribution in [2.75, 3.05) is 0 Å². The van der Waals surface area contributed by atoms with Crippen LogP contribution in [0.15, 0.2) is 65.2 Å². The lowest BCUT2D eigenvalue weighted by molar-refractivity contribution is -0.136. The van der Waals surface area contributed by atoms with Crippen molar-refractivity contribution in [2.24, 2.45) is 10.7 Å². The highest BCUT2D eigenvalue weighted by molar-refractivity contribution is 5.93. The Kier molecular flexibility index (Phi) is 4.33. The smallest absolute Gasteiger partial charge is 0.307 e. The molecule has 5 nitrogen and oxygen atoms in total. The van der Waals surface area contributed by atoms with E-state index in [-0.39, 0.29) is 12.4 Å². The highest BCUT2D eigenvalue weighted by Gasteiger charge is 2.27. The molecule has 3 rings (SSSR count). The summed E-state index contributed by atoms with van der Waals surface area (Å²) in [6, 6.07) is 17.1. The van der Waals surface area contributed by atoms with Crippen LogP contribution in [0.5, 0.6) is 0 Å². The molecule has 0 amide bonds. The summed E-state index contributed by atoms with van der Waals surface area (Å²) < 4.78 is 0. The van der Waals surface area contributed by atoms with Crippen LogP contribution in [0.1, 0.15) is 29.2 Å². The molecule has 24 heavy (non-hydrogen) atoms. The van der Waals surface area contributed by atoms with Gasteiger partial charge in [0.1, 0.15) is 6.04 Å². The van der Waals surface area contributed by atoms with Crippen LogP contribution in [-0.4, -0.2) is 17.0 Å². The van der Waals surface area contributed by atoms with Gasteiger partial charge in [-0.15, -0.1) is 0 Å². The number of nitrogens with two attached hydrogens (primary N) is 1. The first-order valence-corrected chi connectivity index (χ1v) is 7.71. The summed E-state index contributed by atoms with van der Waals surface area (Å²) in [5.41, 5.74) is 10.3. The average molecular weight is 321 g/mol. The molecule has 0 saturated heterocycles. The topological polar surface area (TPSA) is 87.7 Å². The number of nitrogens with one attached hydrogen (secondary N) is 1. The van der Waals surface area contributed by atoms with Gasteiger partial charge >= 0.3 is 5.97 Å². The largest absolute Gasteiger partial charge is 0.481 e. The third-order valence-electron chi connectivity index (χ3n) is 3.97. The van der Waals surface area contributed by atoms with Gasteiger partial charge in [-0.25, -0.2) is 4.99 Å². The van der Waals surface area contributed by atoms with E-state index in [4.69, 9.17) is 5.73 Å². The van der Waals surface area contributed by atoms with Crippen molar-refractivity contribution < 1.29 is 9.90 Å². The second-order valence-corrected chi connectivity index (χ2v) is 5.79. The Morgan fingerprint density at radius 1 is 1.17 bits per heavy atom.